The van der Waals surface area contributed by atoms with Crippen LogP contribution in [-0.2, 0) is 0 Å². The maximum atomic E-state index is 11.0. The van der Waals surface area contributed by atoms with Gasteiger partial charge in [0.2, 0.25) is 0 Å². The van der Waals surface area contributed by atoms with Crippen LogP contribution in [0.4, 0.5) is 5.69 Å². The molecule has 0 bridgehead atoms. The molecule has 2 N–H and O–H groups in total. The molecule has 102 valence electrons. The van der Waals surface area contributed by atoms with E-state index in [1.54, 1.807) is 18.2 Å². The van der Waals surface area contributed by atoms with E-state index in [0.29, 0.717) is 17.3 Å². The number of aromatic carboxylic acids is 1. The van der Waals surface area contributed by atoms with Crippen LogP contribution in [-0.4, -0.2) is 42.7 Å². The van der Waals surface area contributed by atoms with Crippen molar-refractivity contribution in [3.8, 4) is 0 Å². The normalized spacial score (nSPS) is 11.8. The second kappa shape index (κ2) is 7.95. The van der Waals surface area contributed by atoms with Crippen LogP contribution in [0.5, 0.6) is 0 Å². The Morgan fingerprint density at radius 3 is 2.50 bits per heavy atom. The van der Waals surface area contributed by atoms with Gasteiger partial charge in [0.15, 0.2) is 0 Å². The molecule has 0 saturated carbocycles. The van der Waals surface area contributed by atoms with Gasteiger partial charge in [-0.25, -0.2) is 4.79 Å². The van der Waals surface area contributed by atoms with Crippen LogP contribution in [0.1, 0.15) is 23.7 Å². The molecule has 0 aliphatic rings. The summed E-state index contributed by atoms with van der Waals surface area (Å²) in [4.78, 5) is 13.2. The molecule has 1 aromatic rings. The predicted molar refractivity (Wildman–Crippen MR) is 76.9 cm³/mol. The zero-order chi connectivity index (χ0) is 12.8. The number of carboxylic acids is 1. The number of nitrogens with one attached hydrogen (secondary N) is 1. The number of carboxylic acid groups (broad SMARTS) is 1. The van der Waals surface area contributed by atoms with Crippen molar-refractivity contribution in [2.45, 2.75) is 19.4 Å². The van der Waals surface area contributed by atoms with Crippen LogP contribution in [0.2, 0.25) is 0 Å². The highest BCUT2D eigenvalue weighted by atomic mass is 35.5. The lowest BCUT2D eigenvalue weighted by molar-refractivity contribution is 0.0698. The first-order valence-electron chi connectivity index (χ1n) is 5.78. The number of rotatable bonds is 6. The lowest BCUT2D eigenvalue weighted by Crippen LogP contribution is -2.34. The topological polar surface area (TPSA) is 52.6 Å². The van der Waals surface area contributed by atoms with Gasteiger partial charge in [0.25, 0.3) is 0 Å². The zero-order valence-electron chi connectivity index (χ0n) is 11.0. The average Bonchev–Trinajstić information content (AvgIpc) is 2.29. The lowest BCUT2D eigenvalue weighted by atomic mass is 10.1. The van der Waals surface area contributed by atoms with Crippen LogP contribution in [0.3, 0.4) is 0 Å². The average molecular weight is 273 g/mol. The molecule has 0 fully saturated rings. The molecule has 0 heterocycles. The van der Waals surface area contributed by atoms with E-state index in [-0.39, 0.29) is 12.4 Å². The van der Waals surface area contributed by atoms with Gasteiger partial charge in [0, 0.05) is 18.3 Å². The van der Waals surface area contributed by atoms with Crippen molar-refractivity contribution in [2.24, 2.45) is 0 Å². The van der Waals surface area contributed by atoms with Gasteiger partial charge in [-0.1, -0.05) is 19.1 Å². The number of halogens is 1. The fourth-order valence-corrected chi connectivity index (χ4v) is 1.74. The molecule has 0 amide bonds. The van der Waals surface area contributed by atoms with E-state index in [1.807, 2.05) is 20.2 Å². The zero-order valence-corrected chi connectivity index (χ0v) is 11.8. The minimum Gasteiger partial charge on any atom is -0.478 e. The SMILES string of the molecule is CCC(CNc1ccccc1C(=O)O)N(C)C.Cl. The van der Waals surface area contributed by atoms with Crippen molar-refractivity contribution in [3.63, 3.8) is 0 Å². The highest BCUT2D eigenvalue weighted by Gasteiger charge is 2.12. The molecule has 1 rings (SSSR count). The van der Waals surface area contributed by atoms with Crippen molar-refractivity contribution in [1.82, 2.24) is 4.90 Å². The van der Waals surface area contributed by atoms with Crippen molar-refractivity contribution in [1.29, 1.82) is 0 Å². The number of hydrogen-bond acceptors (Lipinski definition) is 3. The Balaban J connectivity index is 0.00000289. The third kappa shape index (κ3) is 4.55. The van der Waals surface area contributed by atoms with Crippen LogP contribution >= 0.6 is 12.4 Å². The maximum absolute atomic E-state index is 11.0. The molecule has 0 aliphatic heterocycles. The number of likely N-dealkylation sites (N-methyl/N-ethyl adjacent to an activating group) is 1. The molecule has 1 unspecified atom stereocenters. The number of nitrogens with zero attached hydrogens (tertiary/aromatic N) is 1. The molecule has 18 heavy (non-hydrogen) atoms. The van der Waals surface area contributed by atoms with Crippen LogP contribution in [0, 0.1) is 0 Å². The summed E-state index contributed by atoms with van der Waals surface area (Å²) in [5.74, 6) is -0.897. The highest BCUT2D eigenvalue weighted by molar-refractivity contribution is 5.94. The quantitative estimate of drug-likeness (QED) is 0.836. The fourth-order valence-electron chi connectivity index (χ4n) is 1.74. The molecule has 0 spiro atoms. The summed E-state index contributed by atoms with van der Waals surface area (Å²) < 4.78 is 0. The van der Waals surface area contributed by atoms with Gasteiger partial charge in [0.05, 0.1) is 5.56 Å². The van der Waals surface area contributed by atoms with E-state index < -0.39 is 5.97 Å². The summed E-state index contributed by atoms with van der Waals surface area (Å²) in [6, 6.07) is 7.38. The summed E-state index contributed by atoms with van der Waals surface area (Å²) in [5.41, 5.74) is 1.00. The third-order valence-electron chi connectivity index (χ3n) is 2.89. The van der Waals surface area contributed by atoms with Crippen molar-refractivity contribution < 1.29 is 9.90 Å². The van der Waals surface area contributed by atoms with Gasteiger partial charge >= 0.3 is 5.97 Å². The van der Waals surface area contributed by atoms with E-state index in [4.69, 9.17) is 5.11 Å². The second-order valence-electron chi connectivity index (χ2n) is 4.26. The summed E-state index contributed by atoms with van der Waals surface area (Å²) in [6.07, 6.45) is 1.02. The Morgan fingerprint density at radius 1 is 1.39 bits per heavy atom. The van der Waals surface area contributed by atoms with Crippen molar-refractivity contribution in [3.05, 3.63) is 29.8 Å². The van der Waals surface area contributed by atoms with Gasteiger partial charge in [-0.05, 0) is 32.6 Å². The van der Waals surface area contributed by atoms with Gasteiger partial charge in [0.1, 0.15) is 0 Å². The standard InChI is InChI=1S/C13H20N2O2.ClH/c1-4-10(15(2)3)9-14-12-8-6-5-7-11(12)13(16)17;/h5-8,10,14H,4,9H2,1-3H3,(H,16,17);1H. The second-order valence-corrected chi connectivity index (χ2v) is 4.26. The molecule has 5 heteroatoms. The van der Waals surface area contributed by atoms with E-state index in [1.165, 1.54) is 0 Å². The Hall–Kier alpha value is -1.26. The Morgan fingerprint density at radius 2 is 2.00 bits per heavy atom. The molecular formula is C13H21ClN2O2. The molecular weight excluding hydrogens is 252 g/mol. The fraction of sp³-hybridized carbons (Fsp3) is 0.462. The largest absolute Gasteiger partial charge is 0.478 e. The smallest absolute Gasteiger partial charge is 0.337 e. The number of benzene rings is 1. The van der Waals surface area contributed by atoms with Crippen LogP contribution in [0.25, 0.3) is 0 Å². The van der Waals surface area contributed by atoms with Gasteiger partial charge in [-0.15, -0.1) is 12.4 Å². The van der Waals surface area contributed by atoms with Crippen molar-refractivity contribution in [2.75, 3.05) is 26.0 Å². The summed E-state index contributed by atoms with van der Waals surface area (Å²) in [6.45, 7) is 2.86. The molecule has 0 aromatic heterocycles. The molecule has 1 aromatic carbocycles. The maximum Gasteiger partial charge on any atom is 0.337 e. The molecule has 1 atom stereocenters. The predicted octanol–water partition coefficient (Wildman–Crippen LogP) is 2.56. The molecule has 0 radical (unpaired) electrons. The first-order valence-corrected chi connectivity index (χ1v) is 5.78. The van der Waals surface area contributed by atoms with Gasteiger partial charge < -0.3 is 15.3 Å². The molecule has 4 nitrogen and oxygen atoms in total. The molecule has 0 aliphatic carbocycles. The third-order valence-corrected chi connectivity index (χ3v) is 2.89. The van der Waals surface area contributed by atoms with Gasteiger partial charge in [-0.3, -0.25) is 0 Å². The number of anilines is 1. The van der Waals surface area contributed by atoms with E-state index in [2.05, 4.69) is 17.1 Å². The minimum absolute atomic E-state index is 0. The Kier molecular flexibility index (Phi) is 7.39. The lowest BCUT2D eigenvalue weighted by Gasteiger charge is -2.24. The van der Waals surface area contributed by atoms with Crippen LogP contribution < -0.4 is 5.32 Å². The monoisotopic (exact) mass is 272 g/mol. The number of carbonyl (C=O) groups is 1. The highest BCUT2D eigenvalue weighted by Crippen LogP contribution is 2.15. The number of hydrogen-bond donors (Lipinski definition) is 2. The summed E-state index contributed by atoms with van der Waals surface area (Å²) >= 11 is 0. The van der Waals surface area contributed by atoms with E-state index >= 15 is 0 Å². The summed E-state index contributed by atoms with van der Waals surface area (Å²) in [5, 5.41) is 12.3. The summed E-state index contributed by atoms with van der Waals surface area (Å²) in [7, 11) is 4.05. The minimum atomic E-state index is -0.897. The van der Waals surface area contributed by atoms with Crippen molar-refractivity contribution >= 4 is 24.1 Å². The number of para-hydroxylation sites is 1. The van der Waals surface area contributed by atoms with Gasteiger partial charge in [-0.2, -0.15) is 0 Å². The van der Waals surface area contributed by atoms with E-state index in [9.17, 15) is 4.79 Å². The van der Waals surface area contributed by atoms with E-state index in [0.717, 1.165) is 13.0 Å². The molecule has 0 saturated heterocycles. The Bertz CT molecular complexity index is 383. The Labute approximate surface area is 114 Å². The van der Waals surface area contributed by atoms with Crippen LogP contribution in [0.15, 0.2) is 24.3 Å². The first kappa shape index (κ1) is 16.7. The first-order chi connectivity index (χ1) is 8.06.